The summed E-state index contributed by atoms with van der Waals surface area (Å²) in [6.07, 6.45) is -1.00. The van der Waals surface area contributed by atoms with Crippen LogP contribution < -0.4 is 5.32 Å². The van der Waals surface area contributed by atoms with Crippen LogP contribution in [0.4, 0.5) is 5.69 Å². The van der Waals surface area contributed by atoms with Gasteiger partial charge in [-0.15, -0.1) is 11.3 Å². The standard InChI is InChI=1S/C25H25N3O4S/c1-12-7-8-20(13(2)9-12)26-23(29)16(5)31-25(30)19-11-21(18-10-14(3)33-17(18)6)27-24-22(19)15(4)28-32-24/h7-11,16H,1-6H3,(H,26,29). The molecule has 0 saturated carbocycles. The van der Waals surface area contributed by atoms with Gasteiger partial charge in [-0.05, 0) is 65.3 Å². The number of fused-ring (bicyclic) bond motifs is 1. The first-order chi connectivity index (χ1) is 15.6. The predicted molar refractivity (Wildman–Crippen MR) is 129 cm³/mol. The zero-order valence-electron chi connectivity index (χ0n) is 19.4. The van der Waals surface area contributed by atoms with Gasteiger partial charge < -0.3 is 14.6 Å². The summed E-state index contributed by atoms with van der Waals surface area (Å²) in [6, 6.07) is 9.42. The number of amides is 1. The Hall–Kier alpha value is -3.52. The minimum atomic E-state index is -1.00. The van der Waals surface area contributed by atoms with Gasteiger partial charge in [-0.2, -0.15) is 0 Å². The van der Waals surface area contributed by atoms with Gasteiger partial charge in [0.15, 0.2) is 6.10 Å². The van der Waals surface area contributed by atoms with Gasteiger partial charge >= 0.3 is 5.97 Å². The average Bonchev–Trinajstić information content (AvgIpc) is 3.30. The molecule has 0 aliphatic heterocycles. The van der Waals surface area contributed by atoms with Crippen molar-refractivity contribution in [3.05, 3.63) is 62.5 Å². The SMILES string of the molecule is Cc1ccc(NC(=O)C(C)OC(=O)c2cc(-c3cc(C)sc3C)nc3onc(C)c23)c(C)c1. The topological polar surface area (TPSA) is 94.3 Å². The lowest BCUT2D eigenvalue weighted by Crippen LogP contribution is -2.30. The van der Waals surface area contributed by atoms with Crippen LogP contribution in [0.1, 0.15) is 43.9 Å². The van der Waals surface area contributed by atoms with Gasteiger partial charge in [0.25, 0.3) is 11.6 Å². The Morgan fingerprint density at radius 1 is 1.09 bits per heavy atom. The highest BCUT2D eigenvalue weighted by atomic mass is 32.1. The van der Waals surface area contributed by atoms with Crippen LogP contribution in [0.2, 0.25) is 0 Å². The summed E-state index contributed by atoms with van der Waals surface area (Å²) in [5, 5.41) is 7.27. The zero-order valence-corrected chi connectivity index (χ0v) is 20.2. The smallest absolute Gasteiger partial charge is 0.339 e. The molecule has 8 heteroatoms. The number of benzene rings is 1. The average molecular weight is 464 g/mol. The number of nitrogens with one attached hydrogen (secondary N) is 1. The van der Waals surface area contributed by atoms with Crippen molar-refractivity contribution in [2.75, 3.05) is 5.32 Å². The van der Waals surface area contributed by atoms with Gasteiger partial charge in [0, 0.05) is 21.0 Å². The van der Waals surface area contributed by atoms with E-state index < -0.39 is 18.0 Å². The Morgan fingerprint density at radius 2 is 1.85 bits per heavy atom. The third kappa shape index (κ3) is 4.52. The molecule has 33 heavy (non-hydrogen) atoms. The molecule has 0 aliphatic rings. The van der Waals surface area contributed by atoms with E-state index >= 15 is 0 Å². The molecule has 3 aromatic heterocycles. The molecular weight excluding hydrogens is 438 g/mol. The van der Waals surface area contributed by atoms with E-state index in [9.17, 15) is 9.59 Å². The highest BCUT2D eigenvalue weighted by Crippen LogP contribution is 2.33. The summed E-state index contributed by atoms with van der Waals surface area (Å²) in [7, 11) is 0. The second kappa shape index (κ2) is 8.78. The molecule has 0 fully saturated rings. The molecular formula is C25H25N3O4S. The molecule has 1 N–H and O–H groups in total. The number of hydrogen-bond donors (Lipinski definition) is 1. The van der Waals surface area contributed by atoms with E-state index in [4.69, 9.17) is 9.26 Å². The highest BCUT2D eigenvalue weighted by molar-refractivity contribution is 7.12. The Morgan fingerprint density at radius 3 is 2.52 bits per heavy atom. The summed E-state index contributed by atoms with van der Waals surface area (Å²) in [4.78, 5) is 32.6. The highest BCUT2D eigenvalue weighted by Gasteiger charge is 2.25. The number of anilines is 1. The van der Waals surface area contributed by atoms with Crippen LogP contribution in [0.15, 0.2) is 34.9 Å². The van der Waals surface area contributed by atoms with Gasteiger partial charge in [0.1, 0.15) is 0 Å². The molecule has 1 amide bonds. The van der Waals surface area contributed by atoms with Crippen LogP contribution in [0, 0.1) is 34.6 Å². The number of thiophene rings is 1. The van der Waals surface area contributed by atoms with Crippen molar-refractivity contribution in [3.8, 4) is 11.3 Å². The fourth-order valence-corrected chi connectivity index (χ4v) is 4.68. The molecule has 0 spiro atoms. The number of aromatic nitrogens is 2. The van der Waals surface area contributed by atoms with E-state index in [-0.39, 0.29) is 11.3 Å². The van der Waals surface area contributed by atoms with Crippen molar-refractivity contribution in [1.82, 2.24) is 10.1 Å². The lowest BCUT2D eigenvalue weighted by Gasteiger charge is -2.15. The van der Waals surface area contributed by atoms with E-state index in [1.165, 1.54) is 0 Å². The van der Waals surface area contributed by atoms with Crippen molar-refractivity contribution >= 4 is 40.0 Å². The molecule has 0 bridgehead atoms. The number of aryl methyl sites for hydroxylation is 5. The molecule has 1 atom stereocenters. The quantitative estimate of drug-likeness (QED) is 0.383. The van der Waals surface area contributed by atoms with Gasteiger partial charge in [0.2, 0.25) is 0 Å². The molecule has 0 aliphatic carbocycles. The van der Waals surface area contributed by atoms with E-state index in [1.807, 2.05) is 52.0 Å². The molecule has 7 nitrogen and oxygen atoms in total. The maximum absolute atomic E-state index is 13.2. The minimum Gasteiger partial charge on any atom is -0.449 e. The first-order valence-corrected chi connectivity index (χ1v) is 11.4. The van der Waals surface area contributed by atoms with E-state index in [0.717, 1.165) is 26.4 Å². The fraction of sp³-hybridized carbons (Fsp3) is 0.280. The van der Waals surface area contributed by atoms with Gasteiger partial charge in [-0.25, -0.2) is 9.78 Å². The number of nitrogens with zero attached hydrogens (tertiary/aromatic N) is 2. The van der Waals surface area contributed by atoms with Gasteiger partial charge in [-0.3, -0.25) is 4.79 Å². The van der Waals surface area contributed by atoms with Crippen molar-refractivity contribution in [2.24, 2.45) is 0 Å². The number of esters is 1. The van der Waals surface area contributed by atoms with Crippen LogP contribution in [0.25, 0.3) is 22.4 Å². The lowest BCUT2D eigenvalue weighted by atomic mass is 10.1. The molecule has 1 unspecified atom stereocenters. The Balaban J connectivity index is 1.62. The number of hydrogen-bond acceptors (Lipinski definition) is 7. The molecule has 0 radical (unpaired) electrons. The van der Waals surface area contributed by atoms with Crippen LogP contribution >= 0.6 is 11.3 Å². The summed E-state index contributed by atoms with van der Waals surface area (Å²) >= 11 is 1.65. The Labute approximate surface area is 195 Å². The predicted octanol–water partition coefficient (Wildman–Crippen LogP) is 5.68. The molecule has 3 heterocycles. The van der Waals surface area contributed by atoms with Crippen molar-refractivity contribution in [2.45, 2.75) is 47.6 Å². The Kier molecular flexibility index (Phi) is 6.03. The molecule has 0 saturated heterocycles. The van der Waals surface area contributed by atoms with Crippen molar-refractivity contribution < 1.29 is 18.8 Å². The largest absolute Gasteiger partial charge is 0.449 e. The first-order valence-electron chi connectivity index (χ1n) is 10.6. The minimum absolute atomic E-state index is 0.257. The summed E-state index contributed by atoms with van der Waals surface area (Å²) < 4.78 is 10.9. The van der Waals surface area contributed by atoms with Crippen LogP contribution in [-0.4, -0.2) is 28.1 Å². The second-order valence-corrected chi connectivity index (χ2v) is 9.65. The number of pyridine rings is 1. The number of ether oxygens (including phenoxy) is 1. The van der Waals surface area contributed by atoms with Crippen molar-refractivity contribution in [1.29, 1.82) is 0 Å². The maximum atomic E-state index is 13.2. The summed E-state index contributed by atoms with van der Waals surface area (Å²) in [5.41, 5.74) is 5.28. The van der Waals surface area contributed by atoms with Gasteiger partial charge in [0.05, 0.1) is 22.3 Å². The monoisotopic (exact) mass is 463 g/mol. The van der Waals surface area contributed by atoms with E-state index in [1.54, 1.807) is 31.3 Å². The van der Waals surface area contributed by atoms with E-state index in [0.29, 0.717) is 22.5 Å². The molecule has 1 aromatic carbocycles. The van der Waals surface area contributed by atoms with Gasteiger partial charge in [-0.1, -0.05) is 22.9 Å². The summed E-state index contributed by atoms with van der Waals surface area (Å²) in [5.74, 6) is -1.05. The molecule has 4 rings (SSSR count). The Bertz CT molecular complexity index is 1390. The molecule has 170 valence electrons. The molecule has 4 aromatic rings. The number of carbonyl (C=O) groups is 2. The fourth-order valence-electron chi connectivity index (χ4n) is 3.74. The van der Waals surface area contributed by atoms with Crippen LogP contribution in [0.5, 0.6) is 0 Å². The van der Waals surface area contributed by atoms with Crippen LogP contribution in [0.3, 0.4) is 0 Å². The van der Waals surface area contributed by atoms with Crippen LogP contribution in [-0.2, 0) is 9.53 Å². The van der Waals surface area contributed by atoms with Crippen molar-refractivity contribution in [3.63, 3.8) is 0 Å². The third-order valence-electron chi connectivity index (χ3n) is 5.45. The normalized spacial score (nSPS) is 12.1. The van der Waals surface area contributed by atoms with E-state index in [2.05, 4.69) is 15.5 Å². The first kappa shape index (κ1) is 22.7. The zero-order chi connectivity index (χ0) is 23.9. The second-order valence-electron chi connectivity index (χ2n) is 8.19. The number of carbonyl (C=O) groups excluding carboxylic acids is 2. The third-order valence-corrected chi connectivity index (χ3v) is 6.41. The maximum Gasteiger partial charge on any atom is 0.339 e. The lowest BCUT2D eigenvalue weighted by molar-refractivity contribution is -0.123. The summed E-state index contributed by atoms with van der Waals surface area (Å²) in [6.45, 7) is 11.2. The number of rotatable bonds is 5.